The molecule has 1 aliphatic rings. The average Bonchev–Trinajstić information content (AvgIpc) is 3.12. The summed E-state index contributed by atoms with van der Waals surface area (Å²) in [4.78, 5) is 25.3. The van der Waals surface area contributed by atoms with E-state index in [4.69, 9.17) is 4.74 Å². The summed E-state index contributed by atoms with van der Waals surface area (Å²) in [5.41, 5.74) is 1.22. The summed E-state index contributed by atoms with van der Waals surface area (Å²) in [6.07, 6.45) is 1.87. The Labute approximate surface area is 176 Å². The van der Waals surface area contributed by atoms with Crippen molar-refractivity contribution in [3.63, 3.8) is 0 Å². The molecule has 2 atom stereocenters. The Bertz CT molecular complexity index is 1050. The molecule has 1 aromatic carbocycles. The summed E-state index contributed by atoms with van der Waals surface area (Å²) in [6.45, 7) is 5.24. The molecule has 2 unspecified atom stereocenters. The Morgan fingerprint density at radius 2 is 1.97 bits per heavy atom. The van der Waals surface area contributed by atoms with Crippen LogP contribution in [0.1, 0.15) is 32.8 Å². The summed E-state index contributed by atoms with van der Waals surface area (Å²) in [5.74, 6) is -0.437. The molecule has 1 aliphatic heterocycles. The average molecular weight is 436 g/mol. The van der Waals surface area contributed by atoms with Crippen molar-refractivity contribution in [3.8, 4) is 0 Å². The van der Waals surface area contributed by atoms with Crippen molar-refractivity contribution in [3.05, 3.63) is 36.0 Å². The van der Waals surface area contributed by atoms with Crippen molar-refractivity contribution < 1.29 is 22.7 Å². The molecule has 30 heavy (non-hydrogen) atoms. The van der Waals surface area contributed by atoms with E-state index >= 15 is 0 Å². The molecular formula is C21H29N3O5S. The van der Waals surface area contributed by atoms with Gasteiger partial charge in [-0.05, 0) is 38.8 Å². The quantitative estimate of drug-likeness (QED) is 0.746. The highest BCUT2D eigenvalue weighted by molar-refractivity contribution is 7.91. The lowest BCUT2D eigenvalue weighted by molar-refractivity contribution is -0.123. The van der Waals surface area contributed by atoms with Crippen molar-refractivity contribution in [2.24, 2.45) is 7.05 Å². The minimum atomic E-state index is -3.13. The fourth-order valence-electron chi connectivity index (χ4n) is 3.68. The molecule has 2 heterocycles. The monoisotopic (exact) mass is 435 g/mol. The van der Waals surface area contributed by atoms with Crippen molar-refractivity contribution in [1.82, 2.24) is 15.2 Å². The second kappa shape index (κ2) is 8.29. The Kier molecular flexibility index (Phi) is 6.12. The fraction of sp³-hybridized carbons (Fsp3) is 0.524. The minimum absolute atomic E-state index is 0.0609. The molecule has 1 aromatic heterocycles. The lowest BCUT2D eigenvalue weighted by Gasteiger charge is -2.24. The Morgan fingerprint density at radius 1 is 1.27 bits per heavy atom. The molecule has 0 aliphatic carbocycles. The van der Waals surface area contributed by atoms with E-state index in [1.165, 1.54) is 0 Å². The second-order valence-electron chi connectivity index (χ2n) is 8.79. The SMILES string of the molecule is Cn1cc(CC(NC(=O)OC(C)(C)C)C(=O)NC2CCS(=O)(=O)C2)c2ccccc21. The third-order valence-electron chi connectivity index (χ3n) is 4.99. The van der Waals surface area contributed by atoms with Gasteiger partial charge in [0.05, 0.1) is 11.5 Å². The number of fused-ring (bicyclic) bond motifs is 1. The zero-order valence-corrected chi connectivity index (χ0v) is 18.6. The van der Waals surface area contributed by atoms with Crippen molar-refractivity contribution in [2.75, 3.05) is 11.5 Å². The van der Waals surface area contributed by atoms with Gasteiger partial charge in [0.25, 0.3) is 0 Å². The van der Waals surface area contributed by atoms with Crippen molar-refractivity contribution >= 4 is 32.7 Å². The summed E-state index contributed by atoms with van der Waals surface area (Å²) in [6, 6.07) is 6.48. The highest BCUT2D eigenvalue weighted by Crippen LogP contribution is 2.22. The number of benzene rings is 1. The molecule has 9 heteroatoms. The van der Waals surface area contributed by atoms with E-state index in [-0.39, 0.29) is 17.9 Å². The summed E-state index contributed by atoms with van der Waals surface area (Å²) in [5, 5.41) is 6.43. The van der Waals surface area contributed by atoms with Crippen LogP contribution in [0.4, 0.5) is 4.79 Å². The number of alkyl carbamates (subject to hydrolysis) is 1. The van der Waals surface area contributed by atoms with Crippen LogP contribution in [0.2, 0.25) is 0 Å². The number of para-hydroxylation sites is 1. The maximum absolute atomic E-state index is 13.0. The Hall–Kier alpha value is -2.55. The molecule has 1 fully saturated rings. The van der Waals surface area contributed by atoms with Crippen LogP contribution in [0, 0.1) is 0 Å². The number of ether oxygens (including phenoxy) is 1. The van der Waals surface area contributed by atoms with E-state index in [1.807, 2.05) is 42.1 Å². The van der Waals surface area contributed by atoms with Gasteiger partial charge in [-0.3, -0.25) is 4.79 Å². The van der Waals surface area contributed by atoms with Crippen LogP contribution in [0.3, 0.4) is 0 Å². The third kappa shape index (κ3) is 5.53. The van der Waals surface area contributed by atoms with E-state index in [0.29, 0.717) is 6.42 Å². The highest BCUT2D eigenvalue weighted by atomic mass is 32.2. The van der Waals surface area contributed by atoms with Gasteiger partial charge >= 0.3 is 6.09 Å². The largest absolute Gasteiger partial charge is 0.444 e. The first-order valence-electron chi connectivity index (χ1n) is 9.97. The molecule has 2 amide bonds. The number of amides is 2. The van der Waals surface area contributed by atoms with Gasteiger partial charge in [0, 0.05) is 36.6 Å². The topological polar surface area (TPSA) is 106 Å². The molecule has 0 radical (unpaired) electrons. The molecular weight excluding hydrogens is 406 g/mol. The number of nitrogens with one attached hydrogen (secondary N) is 2. The van der Waals surface area contributed by atoms with Crippen LogP contribution in [-0.2, 0) is 32.8 Å². The van der Waals surface area contributed by atoms with E-state index in [1.54, 1.807) is 20.8 Å². The first-order chi connectivity index (χ1) is 13.9. The van der Waals surface area contributed by atoms with Gasteiger partial charge in [-0.25, -0.2) is 13.2 Å². The van der Waals surface area contributed by atoms with Gasteiger partial charge in [-0.15, -0.1) is 0 Å². The van der Waals surface area contributed by atoms with Gasteiger partial charge in [0.1, 0.15) is 11.6 Å². The number of hydrogen-bond donors (Lipinski definition) is 2. The van der Waals surface area contributed by atoms with E-state index in [0.717, 1.165) is 16.5 Å². The van der Waals surface area contributed by atoms with Gasteiger partial charge in [0.2, 0.25) is 5.91 Å². The van der Waals surface area contributed by atoms with E-state index in [9.17, 15) is 18.0 Å². The second-order valence-corrected chi connectivity index (χ2v) is 11.0. The first-order valence-corrected chi connectivity index (χ1v) is 11.8. The Morgan fingerprint density at radius 3 is 2.60 bits per heavy atom. The van der Waals surface area contributed by atoms with Crippen LogP contribution in [0.15, 0.2) is 30.5 Å². The van der Waals surface area contributed by atoms with Crippen LogP contribution in [-0.4, -0.2) is 54.2 Å². The van der Waals surface area contributed by atoms with E-state index in [2.05, 4.69) is 10.6 Å². The summed E-state index contributed by atoms with van der Waals surface area (Å²) >= 11 is 0. The van der Waals surface area contributed by atoms with Gasteiger partial charge < -0.3 is 19.9 Å². The summed E-state index contributed by atoms with van der Waals surface area (Å²) < 4.78 is 30.7. The fourth-order valence-corrected chi connectivity index (χ4v) is 5.35. The minimum Gasteiger partial charge on any atom is -0.444 e. The number of carbonyl (C=O) groups excluding carboxylic acids is 2. The Balaban J connectivity index is 1.81. The van der Waals surface area contributed by atoms with Gasteiger partial charge in [0.15, 0.2) is 9.84 Å². The summed E-state index contributed by atoms with van der Waals surface area (Å²) in [7, 11) is -1.21. The molecule has 0 spiro atoms. The molecule has 8 nitrogen and oxygen atoms in total. The van der Waals surface area contributed by atoms with Gasteiger partial charge in [-0.2, -0.15) is 0 Å². The maximum Gasteiger partial charge on any atom is 0.408 e. The zero-order chi connectivity index (χ0) is 22.1. The lowest BCUT2D eigenvalue weighted by Crippen LogP contribution is -2.51. The number of hydrogen-bond acceptors (Lipinski definition) is 5. The number of sulfone groups is 1. The van der Waals surface area contributed by atoms with Crippen molar-refractivity contribution in [1.29, 1.82) is 0 Å². The molecule has 2 N–H and O–H groups in total. The predicted molar refractivity (Wildman–Crippen MR) is 115 cm³/mol. The smallest absolute Gasteiger partial charge is 0.408 e. The first kappa shape index (κ1) is 22.1. The number of nitrogens with zero attached hydrogens (tertiary/aromatic N) is 1. The van der Waals surface area contributed by atoms with Crippen LogP contribution in [0.25, 0.3) is 10.9 Å². The number of carbonyl (C=O) groups is 2. The van der Waals surface area contributed by atoms with Crippen LogP contribution >= 0.6 is 0 Å². The number of aryl methyl sites for hydroxylation is 1. The third-order valence-corrected chi connectivity index (χ3v) is 6.76. The standard InChI is InChI=1S/C21H29N3O5S/c1-21(2,3)29-20(26)23-17(19(25)22-15-9-10-30(27,28)13-15)11-14-12-24(4)18-8-6-5-7-16(14)18/h5-8,12,15,17H,9-11,13H2,1-4H3,(H,22,25)(H,23,26). The highest BCUT2D eigenvalue weighted by Gasteiger charge is 2.32. The van der Waals surface area contributed by atoms with E-state index < -0.39 is 39.5 Å². The number of rotatable bonds is 5. The zero-order valence-electron chi connectivity index (χ0n) is 17.8. The molecule has 164 valence electrons. The normalized spacial score (nSPS) is 19.4. The predicted octanol–water partition coefficient (Wildman–Crippen LogP) is 1.92. The number of aromatic nitrogens is 1. The molecule has 0 bridgehead atoms. The molecule has 1 saturated heterocycles. The lowest BCUT2D eigenvalue weighted by atomic mass is 10.0. The van der Waals surface area contributed by atoms with Crippen LogP contribution < -0.4 is 10.6 Å². The molecule has 2 aromatic rings. The molecule has 3 rings (SSSR count). The molecule has 0 saturated carbocycles. The van der Waals surface area contributed by atoms with Crippen LogP contribution in [0.5, 0.6) is 0 Å². The maximum atomic E-state index is 13.0. The van der Waals surface area contributed by atoms with Crippen molar-refractivity contribution in [2.45, 2.75) is 51.3 Å². The van der Waals surface area contributed by atoms with Gasteiger partial charge in [-0.1, -0.05) is 18.2 Å².